The molecule has 0 radical (unpaired) electrons. The van der Waals surface area contributed by atoms with Gasteiger partial charge in [0.15, 0.2) is 0 Å². The maximum atomic E-state index is 12.1. The van der Waals surface area contributed by atoms with Crippen LogP contribution < -0.4 is 10.1 Å². The zero-order valence-corrected chi connectivity index (χ0v) is 14.4. The molecule has 0 saturated carbocycles. The van der Waals surface area contributed by atoms with Crippen LogP contribution in [0, 0.1) is 0 Å². The predicted octanol–water partition coefficient (Wildman–Crippen LogP) is 1.17. The molecule has 1 aliphatic rings. The van der Waals surface area contributed by atoms with Crippen molar-refractivity contribution in [2.45, 2.75) is 32.2 Å². The summed E-state index contributed by atoms with van der Waals surface area (Å²) in [6, 6.07) is 7.53. The first kappa shape index (κ1) is 17.7. The Morgan fingerprint density at radius 3 is 2.39 bits per heavy atom. The molecule has 0 aliphatic carbocycles. The Morgan fingerprint density at radius 1 is 1.26 bits per heavy atom. The first-order valence-corrected chi connectivity index (χ1v) is 9.69. The van der Waals surface area contributed by atoms with E-state index in [-0.39, 0.29) is 11.9 Å². The summed E-state index contributed by atoms with van der Waals surface area (Å²) < 4.78 is 29.7. The molecule has 0 spiro atoms. The normalized spacial score (nSPS) is 17.0. The Morgan fingerprint density at radius 2 is 1.87 bits per heavy atom. The maximum absolute atomic E-state index is 12.1. The van der Waals surface area contributed by atoms with E-state index in [1.807, 2.05) is 31.2 Å². The van der Waals surface area contributed by atoms with E-state index in [9.17, 15) is 13.2 Å². The first-order chi connectivity index (χ1) is 10.9. The molecular formula is C16H24N2O4S. The number of amides is 1. The second-order valence-corrected chi connectivity index (χ2v) is 7.74. The van der Waals surface area contributed by atoms with Crippen LogP contribution >= 0.6 is 0 Å². The lowest BCUT2D eigenvalue weighted by molar-refractivity contribution is -0.121. The van der Waals surface area contributed by atoms with Crippen LogP contribution in [-0.4, -0.2) is 50.6 Å². The smallest absolute Gasteiger partial charge is 0.224 e. The van der Waals surface area contributed by atoms with Gasteiger partial charge in [-0.25, -0.2) is 12.7 Å². The fourth-order valence-electron chi connectivity index (χ4n) is 2.67. The summed E-state index contributed by atoms with van der Waals surface area (Å²) in [4.78, 5) is 12.1. The molecule has 1 amide bonds. The molecule has 0 aromatic heterocycles. The highest BCUT2D eigenvalue weighted by atomic mass is 32.2. The number of benzene rings is 1. The number of sulfonamides is 1. The van der Waals surface area contributed by atoms with Gasteiger partial charge in [0.2, 0.25) is 15.9 Å². The fourth-order valence-corrected chi connectivity index (χ4v) is 3.54. The monoisotopic (exact) mass is 340 g/mol. The minimum Gasteiger partial charge on any atom is -0.494 e. The molecule has 7 heteroatoms. The Hall–Kier alpha value is -1.60. The molecule has 0 atom stereocenters. The van der Waals surface area contributed by atoms with E-state index in [0.717, 1.165) is 11.3 Å². The molecule has 0 bridgehead atoms. The maximum Gasteiger partial charge on any atom is 0.224 e. The fraction of sp³-hybridized carbons (Fsp3) is 0.562. The van der Waals surface area contributed by atoms with Gasteiger partial charge in [0, 0.05) is 19.1 Å². The third kappa shape index (κ3) is 5.51. The molecule has 1 aromatic carbocycles. The number of nitrogens with zero attached hydrogens (tertiary/aromatic N) is 1. The number of hydrogen-bond donors (Lipinski definition) is 1. The third-order valence-electron chi connectivity index (χ3n) is 3.89. The van der Waals surface area contributed by atoms with Crippen LogP contribution in [0.3, 0.4) is 0 Å². The molecule has 6 nitrogen and oxygen atoms in total. The molecule has 1 N–H and O–H groups in total. The van der Waals surface area contributed by atoms with Gasteiger partial charge in [-0.2, -0.15) is 0 Å². The number of nitrogens with one attached hydrogen (secondary N) is 1. The topological polar surface area (TPSA) is 75.7 Å². The van der Waals surface area contributed by atoms with Crippen LogP contribution in [0.15, 0.2) is 24.3 Å². The van der Waals surface area contributed by atoms with Gasteiger partial charge in [-0.15, -0.1) is 0 Å². The minimum absolute atomic E-state index is 0.0352. The molecule has 128 valence electrons. The summed E-state index contributed by atoms with van der Waals surface area (Å²) >= 11 is 0. The van der Waals surface area contributed by atoms with Gasteiger partial charge in [-0.3, -0.25) is 4.79 Å². The quantitative estimate of drug-likeness (QED) is 0.843. The highest BCUT2D eigenvalue weighted by Crippen LogP contribution is 2.15. The number of rotatable bonds is 6. The number of carbonyl (C=O) groups is 1. The molecule has 2 rings (SSSR count). The zero-order valence-electron chi connectivity index (χ0n) is 13.6. The molecule has 1 fully saturated rings. The van der Waals surface area contributed by atoms with Crippen molar-refractivity contribution in [2.24, 2.45) is 0 Å². The highest BCUT2D eigenvalue weighted by molar-refractivity contribution is 7.88. The number of hydrogen-bond acceptors (Lipinski definition) is 4. The number of ether oxygens (including phenoxy) is 1. The highest BCUT2D eigenvalue weighted by Gasteiger charge is 2.25. The van der Waals surface area contributed by atoms with Crippen LogP contribution in [-0.2, 0) is 21.2 Å². The lowest BCUT2D eigenvalue weighted by atomic mass is 10.1. The van der Waals surface area contributed by atoms with Gasteiger partial charge in [0.25, 0.3) is 0 Å². The third-order valence-corrected chi connectivity index (χ3v) is 5.19. The molecule has 0 unspecified atom stereocenters. The summed E-state index contributed by atoms with van der Waals surface area (Å²) in [7, 11) is -3.13. The Balaban J connectivity index is 1.79. The number of carbonyl (C=O) groups excluding carboxylic acids is 1. The van der Waals surface area contributed by atoms with Crippen LogP contribution in [0.2, 0.25) is 0 Å². The zero-order chi connectivity index (χ0) is 16.9. The Bertz CT molecular complexity index is 620. The van der Waals surface area contributed by atoms with Gasteiger partial charge in [0.1, 0.15) is 5.75 Å². The minimum atomic E-state index is -3.13. The van der Waals surface area contributed by atoms with Crippen molar-refractivity contribution >= 4 is 15.9 Å². The average Bonchev–Trinajstić information content (AvgIpc) is 2.49. The molecular weight excluding hydrogens is 316 g/mol. The van der Waals surface area contributed by atoms with Gasteiger partial charge < -0.3 is 10.1 Å². The first-order valence-electron chi connectivity index (χ1n) is 7.84. The lowest BCUT2D eigenvalue weighted by Gasteiger charge is -2.30. The molecule has 1 heterocycles. The van der Waals surface area contributed by atoms with E-state index in [1.54, 1.807) is 0 Å². The van der Waals surface area contributed by atoms with E-state index in [0.29, 0.717) is 39.0 Å². The van der Waals surface area contributed by atoms with Crippen molar-refractivity contribution < 1.29 is 17.9 Å². The molecule has 1 saturated heterocycles. The molecule has 1 aromatic rings. The number of piperidine rings is 1. The van der Waals surface area contributed by atoms with Crippen molar-refractivity contribution in [2.75, 3.05) is 26.0 Å². The Labute approximate surface area is 137 Å². The summed E-state index contributed by atoms with van der Waals surface area (Å²) in [5.41, 5.74) is 0.930. The second-order valence-electron chi connectivity index (χ2n) is 5.76. The van der Waals surface area contributed by atoms with Crippen molar-refractivity contribution in [3.63, 3.8) is 0 Å². The van der Waals surface area contributed by atoms with Gasteiger partial charge in [0.05, 0.1) is 19.3 Å². The largest absolute Gasteiger partial charge is 0.494 e. The van der Waals surface area contributed by atoms with Crippen molar-refractivity contribution in [1.29, 1.82) is 0 Å². The average molecular weight is 340 g/mol. The van der Waals surface area contributed by atoms with Gasteiger partial charge in [-0.05, 0) is 37.5 Å². The Kier molecular flexibility index (Phi) is 6.01. The van der Waals surface area contributed by atoms with Crippen molar-refractivity contribution in [3.05, 3.63) is 29.8 Å². The second kappa shape index (κ2) is 7.79. The van der Waals surface area contributed by atoms with Crippen LogP contribution in [0.4, 0.5) is 0 Å². The van der Waals surface area contributed by atoms with E-state index in [1.165, 1.54) is 10.6 Å². The summed E-state index contributed by atoms with van der Waals surface area (Å²) in [6.45, 7) is 3.47. The van der Waals surface area contributed by atoms with E-state index in [2.05, 4.69) is 5.32 Å². The summed E-state index contributed by atoms with van der Waals surface area (Å²) in [5.74, 6) is 0.761. The van der Waals surface area contributed by atoms with Gasteiger partial charge >= 0.3 is 0 Å². The molecule has 23 heavy (non-hydrogen) atoms. The van der Waals surface area contributed by atoms with E-state index in [4.69, 9.17) is 4.74 Å². The van der Waals surface area contributed by atoms with Gasteiger partial charge in [-0.1, -0.05) is 12.1 Å². The van der Waals surface area contributed by atoms with Crippen LogP contribution in [0.5, 0.6) is 5.75 Å². The standard InChI is InChI=1S/C16H24N2O4S/c1-3-22-15-6-4-13(5-7-15)12-16(19)17-14-8-10-18(11-9-14)23(2,20)21/h4-7,14H,3,8-12H2,1-2H3,(H,17,19). The summed E-state index contributed by atoms with van der Waals surface area (Å²) in [6.07, 6.45) is 2.85. The lowest BCUT2D eigenvalue weighted by Crippen LogP contribution is -2.46. The summed E-state index contributed by atoms with van der Waals surface area (Å²) in [5, 5.41) is 2.99. The van der Waals surface area contributed by atoms with Crippen molar-refractivity contribution in [1.82, 2.24) is 9.62 Å². The van der Waals surface area contributed by atoms with E-state index >= 15 is 0 Å². The van der Waals surface area contributed by atoms with Crippen LogP contribution in [0.25, 0.3) is 0 Å². The molecule has 1 aliphatic heterocycles. The van der Waals surface area contributed by atoms with Crippen LogP contribution in [0.1, 0.15) is 25.3 Å². The SMILES string of the molecule is CCOc1ccc(CC(=O)NC2CCN(S(C)(=O)=O)CC2)cc1. The van der Waals surface area contributed by atoms with Crippen molar-refractivity contribution in [3.8, 4) is 5.75 Å². The van der Waals surface area contributed by atoms with E-state index < -0.39 is 10.0 Å². The predicted molar refractivity (Wildman–Crippen MR) is 88.9 cm³/mol.